The van der Waals surface area contributed by atoms with Gasteiger partial charge in [0.25, 0.3) is 0 Å². The molecule has 12 nitrogen and oxygen atoms in total. The first-order valence-electron chi connectivity index (χ1n) is 12.1. The van der Waals surface area contributed by atoms with Crippen LogP contribution in [0.2, 0.25) is 0 Å². The van der Waals surface area contributed by atoms with Gasteiger partial charge in [-0.2, -0.15) is 4.72 Å². The molecule has 2 aromatic rings. The molecule has 218 valence electrons. The minimum Gasteiger partial charge on any atom is -0.506 e. The lowest BCUT2D eigenvalue weighted by molar-refractivity contribution is -0.121. The van der Waals surface area contributed by atoms with E-state index in [2.05, 4.69) is 19.2 Å². The number of rotatable bonds is 7. The van der Waals surface area contributed by atoms with Gasteiger partial charge in [-0.15, -0.1) is 4.40 Å². The summed E-state index contributed by atoms with van der Waals surface area (Å²) in [5.41, 5.74) is -1.93. The minimum atomic E-state index is -4.00. The maximum atomic E-state index is 14.4. The van der Waals surface area contributed by atoms with Crippen LogP contribution < -0.4 is 14.8 Å². The minimum absolute atomic E-state index is 0.0385. The van der Waals surface area contributed by atoms with E-state index in [0.29, 0.717) is 6.42 Å². The molecule has 1 aliphatic heterocycles. The van der Waals surface area contributed by atoms with Crippen LogP contribution in [0.25, 0.3) is 5.76 Å². The number of Topliss-reactive ketones (excluding diaryl/α,β-unsaturated/α-hetero) is 1. The van der Waals surface area contributed by atoms with Gasteiger partial charge in [-0.25, -0.2) is 16.8 Å². The third-order valence-electron chi connectivity index (χ3n) is 6.39. The van der Waals surface area contributed by atoms with Crippen molar-refractivity contribution in [1.82, 2.24) is 4.72 Å². The molecule has 0 amide bonds. The predicted octanol–water partition coefficient (Wildman–Crippen LogP) is 4.03. The standard InChI is InChI=1S/C25H32N4O8S3/c1-24(2,3)12-13-25(29-39(5,34)35)17-9-7-6-8-16(17)21(30)20(22(25)31)23-26-18-11-10-15(27-38(4,32)33)14-19(18)40(36,37)28-23/h6-11,14,27,29-30,36-37H,12-13H2,1-5H3,(H,26,28). The Bertz CT molecular complexity index is 1680. The summed E-state index contributed by atoms with van der Waals surface area (Å²) in [6.07, 6.45) is 2.33. The fourth-order valence-electron chi connectivity index (χ4n) is 4.70. The highest BCUT2D eigenvalue weighted by Crippen LogP contribution is 2.57. The van der Waals surface area contributed by atoms with E-state index in [9.17, 15) is 35.8 Å². The molecule has 0 bridgehead atoms. The summed E-state index contributed by atoms with van der Waals surface area (Å²) in [6, 6.07) is 10.3. The van der Waals surface area contributed by atoms with Gasteiger partial charge in [0.2, 0.25) is 20.0 Å². The fraction of sp³-hybridized carbons (Fsp3) is 0.360. The largest absolute Gasteiger partial charge is 0.506 e. The van der Waals surface area contributed by atoms with E-state index in [4.69, 9.17) is 0 Å². The number of anilines is 2. The second-order valence-corrected chi connectivity index (χ2v) is 16.3. The second kappa shape index (κ2) is 9.85. The van der Waals surface area contributed by atoms with Gasteiger partial charge in [-0.1, -0.05) is 55.8 Å². The number of amidine groups is 1. The molecule has 0 saturated carbocycles. The van der Waals surface area contributed by atoms with Crippen LogP contribution in [-0.4, -0.2) is 55.2 Å². The normalized spacial score (nSPS) is 21.6. The van der Waals surface area contributed by atoms with Crippen LogP contribution in [0.5, 0.6) is 0 Å². The van der Waals surface area contributed by atoms with Gasteiger partial charge >= 0.3 is 0 Å². The average molecular weight is 613 g/mol. The number of aliphatic hydroxyl groups is 1. The number of sulfonamides is 2. The van der Waals surface area contributed by atoms with Crippen molar-refractivity contribution in [3.05, 3.63) is 59.2 Å². The smallest absolute Gasteiger partial charge is 0.229 e. The summed E-state index contributed by atoms with van der Waals surface area (Å²) in [6.45, 7) is 5.83. The van der Waals surface area contributed by atoms with E-state index in [0.717, 1.165) is 12.5 Å². The lowest BCUT2D eigenvalue weighted by Crippen LogP contribution is -2.55. The number of aliphatic hydroxyl groups excluding tert-OH is 1. The molecule has 1 atom stereocenters. The summed E-state index contributed by atoms with van der Waals surface area (Å²) >= 11 is 0. The molecule has 40 heavy (non-hydrogen) atoms. The summed E-state index contributed by atoms with van der Waals surface area (Å²) in [7, 11) is -11.6. The molecule has 0 radical (unpaired) electrons. The SMILES string of the molecule is CC(C)(C)CCC1(NS(C)(=O)=O)C(=O)C(C2=NS(O)(O)c3cc(NS(C)(=O)=O)ccc3N2)=C(O)c2ccccc21. The summed E-state index contributed by atoms with van der Waals surface area (Å²) in [5.74, 6) is -1.70. The van der Waals surface area contributed by atoms with Crippen molar-refractivity contribution in [3.8, 4) is 0 Å². The van der Waals surface area contributed by atoms with Crippen LogP contribution in [0.4, 0.5) is 11.4 Å². The number of hydrogen-bond donors (Lipinski definition) is 6. The number of nitrogens with zero attached hydrogens (tertiary/aromatic N) is 1. The van der Waals surface area contributed by atoms with Gasteiger partial charge in [0, 0.05) is 5.56 Å². The Hall–Kier alpha value is -2.95. The van der Waals surface area contributed by atoms with Crippen molar-refractivity contribution in [3.63, 3.8) is 0 Å². The third-order valence-corrected chi connectivity index (χ3v) is 9.08. The van der Waals surface area contributed by atoms with Crippen molar-refractivity contribution in [2.24, 2.45) is 9.81 Å². The van der Waals surface area contributed by atoms with Crippen LogP contribution in [0.3, 0.4) is 0 Å². The lowest BCUT2D eigenvalue weighted by atomic mass is 9.70. The summed E-state index contributed by atoms with van der Waals surface area (Å²) in [4.78, 5) is 14.2. The molecule has 1 aliphatic carbocycles. The molecule has 2 aliphatic rings. The number of ketones is 1. The Kier molecular flexibility index (Phi) is 7.39. The maximum Gasteiger partial charge on any atom is 0.229 e. The van der Waals surface area contributed by atoms with Crippen LogP contribution in [0.1, 0.15) is 44.7 Å². The predicted molar refractivity (Wildman–Crippen MR) is 156 cm³/mol. The van der Waals surface area contributed by atoms with E-state index in [1.54, 1.807) is 18.2 Å². The lowest BCUT2D eigenvalue weighted by Gasteiger charge is -2.41. The number of fused-ring (bicyclic) bond motifs is 2. The molecule has 15 heteroatoms. The number of carbonyl (C=O) groups excluding carboxylic acids is 1. The van der Waals surface area contributed by atoms with E-state index in [1.165, 1.54) is 24.3 Å². The first-order valence-corrected chi connectivity index (χ1v) is 17.4. The molecule has 6 N–H and O–H groups in total. The van der Waals surface area contributed by atoms with Gasteiger partial charge in [-0.05, 0) is 42.0 Å². The van der Waals surface area contributed by atoms with Crippen molar-refractivity contribution in [1.29, 1.82) is 0 Å². The van der Waals surface area contributed by atoms with E-state index in [-0.39, 0.29) is 45.1 Å². The summed E-state index contributed by atoms with van der Waals surface area (Å²) in [5, 5.41) is 14.2. The van der Waals surface area contributed by atoms with Gasteiger partial charge < -0.3 is 10.4 Å². The van der Waals surface area contributed by atoms with Crippen molar-refractivity contribution in [2.75, 3.05) is 22.6 Å². The number of benzene rings is 2. The highest BCUT2D eigenvalue weighted by molar-refractivity contribution is 8.23. The molecule has 1 unspecified atom stereocenters. The Morgan fingerprint density at radius 2 is 1.68 bits per heavy atom. The average Bonchev–Trinajstić information content (AvgIpc) is 2.79. The molecule has 1 heterocycles. The highest BCUT2D eigenvalue weighted by atomic mass is 32.3. The van der Waals surface area contributed by atoms with Gasteiger partial charge in [-0.3, -0.25) is 18.6 Å². The molecule has 0 fully saturated rings. The molecular formula is C25H32N4O8S3. The molecule has 2 aromatic carbocycles. The molecule has 0 saturated heterocycles. The highest BCUT2D eigenvalue weighted by Gasteiger charge is 2.51. The van der Waals surface area contributed by atoms with Crippen LogP contribution in [-0.2, 0) is 30.4 Å². The first kappa shape index (κ1) is 30.0. The van der Waals surface area contributed by atoms with E-state index >= 15 is 0 Å². The maximum absolute atomic E-state index is 14.4. The van der Waals surface area contributed by atoms with Crippen molar-refractivity contribution < 1.29 is 35.8 Å². The monoisotopic (exact) mass is 612 g/mol. The molecule has 0 spiro atoms. The zero-order valence-electron chi connectivity index (χ0n) is 22.5. The van der Waals surface area contributed by atoms with Gasteiger partial charge in [0.1, 0.15) is 21.8 Å². The second-order valence-electron chi connectivity index (χ2n) is 11.1. The van der Waals surface area contributed by atoms with Crippen LogP contribution >= 0.6 is 10.8 Å². The van der Waals surface area contributed by atoms with Gasteiger partial charge in [0.05, 0.1) is 23.9 Å². The molecule has 4 rings (SSSR count). The topological polar surface area (TPSA) is 194 Å². The third kappa shape index (κ3) is 6.04. The number of nitrogens with one attached hydrogen (secondary N) is 3. The number of hydrogen-bond acceptors (Lipinski definition) is 10. The van der Waals surface area contributed by atoms with Gasteiger partial charge in [0.15, 0.2) is 11.6 Å². The van der Waals surface area contributed by atoms with Crippen LogP contribution in [0.15, 0.2) is 57.3 Å². The first-order chi connectivity index (χ1) is 18.2. The Labute approximate surface area is 235 Å². The zero-order chi connectivity index (χ0) is 29.9. The Morgan fingerprint density at radius 3 is 2.27 bits per heavy atom. The zero-order valence-corrected chi connectivity index (χ0v) is 25.0. The molecular weight excluding hydrogens is 580 g/mol. The fourth-order valence-corrected chi connectivity index (χ4v) is 7.39. The van der Waals surface area contributed by atoms with Crippen molar-refractivity contribution in [2.45, 2.75) is 44.0 Å². The Morgan fingerprint density at radius 1 is 1.02 bits per heavy atom. The quantitative estimate of drug-likeness (QED) is 0.268. The number of carbonyl (C=O) groups is 1. The Balaban J connectivity index is 1.91. The molecule has 0 aromatic heterocycles. The van der Waals surface area contributed by atoms with Crippen LogP contribution in [0, 0.1) is 5.41 Å². The van der Waals surface area contributed by atoms with E-state index < -0.39 is 53.5 Å². The summed E-state index contributed by atoms with van der Waals surface area (Å²) < 4.78 is 79.2. The van der Waals surface area contributed by atoms with Crippen molar-refractivity contribution >= 4 is 59.6 Å². The van der Waals surface area contributed by atoms with E-state index in [1.807, 2.05) is 20.8 Å².